The van der Waals surface area contributed by atoms with E-state index in [9.17, 15) is 4.39 Å². The zero-order chi connectivity index (χ0) is 14.8. The number of hydrogen-bond donors (Lipinski definition) is 2. The second-order valence-electron chi connectivity index (χ2n) is 4.50. The van der Waals surface area contributed by atoms with Crippen LogP contribution < -0.4 is 5.73 Å². The van der Waals surface area contributed by atoms with Gasteiger partial charge in [0.2, 0.25) is 11.7 Å². The van der Waals surface area contributed by atoms with Gasteiger partial charge in [0, 0.05) is 28.3 Å². The minimum Gasteiger partial charge on any atom is -0.348 e. The van der Waals surface area contributed by atoms with Crippen molar-refractivity contribution >= 4 is 15.9 Å². The Morgan fingerprint density at radius 3 is 2.95 bits per heavy atom. The highest BCUT2D eigenvalue weighted by molar-refractivity contribution is 9.10. The molecular formula is C13H11BrFN5O. The van der Waals surface area contributed by atoms with Gasteiger partial charge in [0.05, 0.1) is 12.4 Å². The molecule has 3 aromatic rings. The van der Waals surface area contributed by atoms with Crippen molar-refractivity contribution in [2.75, 3.05) is 0 Å². The maximum Gasteiger partial charge on any atom is 0.244 e. The molecular weight excluding hydrogens is 341 g/mol. The number of rotatable bonds is 4. The number of benzene rings is 1. The topological polar surface area (TPSA) is 93.6 Å². The van der Waals surface area contributed by atoms with E-state index >= 15 is 0 Å². The van der Waals surface area contributed by atoms with Crippen LogP contribution in [0.5, 0.6) is 0 Å². The maximum atomic E-state index is 13.4. The fourth-order valence-corrected chi connectivity index (χ4v) is 2.37. The van der Waals surface area contributed by atoms with Gasteiger partial charge in [-0.25, -0.2) is 9.37 Å². The number of hydrogen-bond acceptors (Lipinski definition) is 5. The Kier molecular flexibility index (Phi) is 3.80. The van der Waals surface area contributed by atoms with Gasteiger partial charge in [-0.2, -0.15) is 4.98 Å². The van der Waals surface area contributed by atoms with Crippen molar-refractivity contribution in [1.29, 1.82) is 0 Å². The first-order valence-corrected chi connectivity index (χ1v) is 6.94. The Bertz CT molecular complexity index is 723. The summed E-state index contributed by atoms with van der Waals surface area (Å²) in [5.41, 5.74) is 7.40. The molecule has 0 aliphatic carbocycles. The summed E-state index contributed by atoms with van der Waals surface area (Å²) < 4.78 is 19.1. The molecule has 108 valence electrons. The van der Waals surface area contributed by atoms with Gasteiger partial charge in [0.1, 0.15) is 5.82 Å². The van der Waals surface area contributed by atoms with Gasteiger partial charge in [-0.3, -0.25) is 0 Å². The molecule has 0 fully saturated rings. The molecule has 2 aromatic heterocycles. The van der Waals surface area contributed by atoms with Crippen molar-refractivity contribution < 1.29 is 8.91 Å². The average Bonchev–Trinajstić information content (AvgIpc) is 3.08. The Morgan fingerprint density at radius 1 is 1.38 bits per heavy atom. The van der Waals surface area contributed by atoms with E-state index < -0.39 is 6.04 Å². The van der Waals surface area contributed by atoms with Crippen LogP contribution in [0, 0.1) is 5.82 Å². The molecule has 3 rings (SSSR count). The van der Waals surface area contributed by atoms with Gasteiger partial charge in [0.25, 0.3) is 0 Å². The number of aromatic nitrogens is 4. The highest BCUT2D eigenvalue weighted by Crippen LogP contribution is 2.24. The summed E-state index contributed by atoms with van der Waals surface area (Å²) in [6, 6.07) is 3.94. The van der Waals surface area contributed by atoms with E-state index in [1.165, 1.54) is 12.1 Å². The SMILES string of the molecule is N[C@H](Cc1cnc[nH]1)c1nc(-c2cc(F)cc(Br)c2)no1. The van der Waals surface area contributed by atoms with Crippen LogP contribution in [-0.2, 0) is 6.42 Å². The number of H-pyrrole nitrogens is 1. The van der Waals surface area contributed by atoms with Crippen molar-refractivity contribution in [2.45, 2.75) is 12.5 Å². The Hall–Kier alpha value is -2.06. The first kappa shape index (κ1) is 13.9. The zero-order valence-corrected chi connectivity index (χ0v) is 12.3. The van der Waals surface area contributed by atoms with Gasteiger partial charge in [-0.15, -0.1) is 0 Å². The van der Waals surface area contributed by atoms with E-state index in [-0.39, 0.29) is 5.82 Å². The smallest absolute Gasteiger partial charge is 0.244 e. The molecule has 0 unspecified atom stereocenters. The third kappa shape index (κ3) is 3.17. The number of nitrogens with one attached hydrogen (secondary N) is 1. The second kappa shape index (κ2) is 5.74. The minimum atomic E-state index is -0.455. The quantitative estimate of drug-likeness (QED) is 0.753. The summed E-state index contributed by atoms with van der Waals surface area (Å²) in [6.07, 6.45) is 3.75. The largest absolute Gasteiger partial charge is 0.348 e. The molecule has 0 aliphatic heterocycles. The summed E-state index contributed by atoms with van der Waals surface area (Å²) in [5.74, 6) is 0.206. The van der Waals surface area contributed by atoms with Gasteiger partial charge in [-0.05, 0) is 18.2 Å². The molecule has 2 heterocycles. The summed E-state index contributed by atoms with van der Waals surface area (Å²) in [5, 5.41) is 3.84. The highest BCUT2D eigenvalue weighted by atomic mass is 79.9. The number of aromatic amines is 1. The van der Waals surface area contributed by atoms with Crippen LogP contribution in [0.3, 0.4) is 0 Å². The average molecular weight is 352 g/mol. The Labute approximate surface area is 127 Å². The monoisotopic (exact) mass is 351 g/mol. The van der Waals surface area contributed by atoms with Gasteiger partial charge in [-0.1, -0.05) is 21.1 Å². The molecule has 0 saturated carbocycles. The van der Waals surface area contributed by atoms with Crippen molar-refractivity contribution in [1.82, 2.24) is 20.1 Å². The van der Waals surface area contributed by atoms with E-state index in [4.69, 9.17) is 10.3 Å². The number of imidazole rings is 1. The number of halogens is 2. The normalized spacial score (nSPS) is 12.5. The lowest BCUT2D eigenvalue weighted by Gasteiger charge is -2.03. The zero-order valence-electron chi connectivity index (χ0n) is 10.8. The van der Waals surface area contributed by atoms with Crippen LogP contribution >= 0.6 is 15.9 Å². The molecule has 0 bridgehead atoms. The molecule has 6 nitrogen and oxygen atoms in total. The van der Waals surface area contributed by atoms with Crippen molar-refractivity contribution in [3.63, 3.8) is 0 Å². The van der Waals surface area contributed by atoms with Crippen LogP contribution in [0.4, 0.5) is 4.39 Å². The molecule has 3 N–H and O–H groups in total. The third-order valence-corrected chi connectivity index (χ3v) is 3.33. The lowest BCUT2D eigenvalue weighted by atomic mass is 10.2. The summed E-state index contributed by atoms with van der Waals surface area (Å²) >= 11 is 3.22. The third-order valence-electron chi connectivity index (χ3n) is 2.87. The molecule has 0 amide bonds. The van der Waals surface area contributed by atoms with E-state index in [0.29, 0.717) is 28.2 Å². The molecule has 0 radical (unpaired) electrons. The molecule has 21 heavy (non-hydrogen) atoms. The van der Waals surface area contributed by atoms with E-state index in [0.717, 1.165) is 5.69 Å². The van der Waals surface area contributed by atoms with Gasteiger partial charge < -0.3 is 15.2 Å². The van der Waals surface area contributed by atoms with Crippen LogP contribution in [0.25, 0.3) is 11.4 Å². The predicted molar refractivity (Wildman–Crippen MR) is 76.6 cm³/mol. The fourth-order valence-electron chi connectivity index (χ4n) is 1.91. The molecule has 0 saturated heterocycles. The first-order valence-electron chi connectivity index (χ1n) is 6.15. The molecule has 0 aliphatic rings. The molecule has 0 spiro atoms. The van der Waals surface area contributed by atoms with Gasteiger partial charge >= 0.3 is 0 Å². The number of nitrogens with two attached hydrogens (primary N) is 1. The van der Waals surface area contributed by atoms with Crippen molar-refractivity contribution in [3.8, 4) is 11.4 Å². The predicted octanol–water partition coefficient (Wildman–Crippen LogP) is 2.60. The molecule has 1 aromatic carbocycles. The lowest BCUT2D eigenvalue weighted by Crippen LogP contribution is -2.14. The number of nitrogens with zero attached hydrogens (tertiary/aromatic N) is 3. The maximum absolute atomic E-state index is 13.4. The van der Waals surface area contributed by atoms with Gasteiger partial charge in [0.15, 0.2) is 0 Å². The van der Waals surface area contributed by atoms with Crippen molar-refractivity contribution in [3.05, 3.63) is 52.6 Å². The van der Waals surface area contributed by atoms with Crippen LogP contribution in [0.15, 0.2) is 39.7 Å². The van der Waals surface area contributed by atoms with Crippen LogP contribution in [0.1, 0.15) is 17.6 Å². The summed E-state index contributed by atoms with van der Waals surface area (Å²) in [6.45, 7) is 0. The fraction of sp³-hybridized carbons (Fsp3) is 0.154. The lowest BCUT2D eigenvalue weighted by molar-refractivity contribution is 0.354. The van der Waals surface area contributed by atoms with Crippen LogP contribution in [0.2, 0.25) is 0 Å². The molecule has 1 atom stereocenters. The second-order valence-corrected chi connectivity index (χ2v) is 5.42. The first-order chi connectivity index (χ1) is 10.1. The van der Waals surface area contributed by atoms with Crippen LogP contribution in [-0.4, -0.2) is 20.1 Å². The van der Waals surface area contributed by atoms with E-state index in [2.05, 4.69) is 36.0 Å². The van der Waals surface area contributed by atoms with E-state index in [1.807, 2.05) is 0 Å². The van der Waals surface area contributed by atoms with E-state index in [1.54, 1.807) is 18.6 Å². The Balaban J connectivity index is 1.82. The highest BCUT2D eigenvalue weighted by Gasteiger charge is 2.17. The standard InChI is InChI=1S/C13H11BrFN5O/c14-8-1-7(2-9(15)3-8)12-19-13(21-20-12)11(16)4-10-5-17-6-18-10/h1-3,5-6,11H,4,16H2,(H,17,18)/t11-/m1/s1. The Morgan fingerprint density at radius 2 is 2.24 bits per heavy atom. The minimum absolute atomic E-state index is 0.292. The molecule has 8 heteroatoms. The summed E-state index contributed by atoms with van der Waals surface area (Å²) in [7, 11) is 0. The summed E-state index contributed by atoms with van der Waals surface area (Å²) in [4.78, 5) is 11.1. The van der Waals surface area contributed by atoms with Crippen molar-refractivity contribution in [2.24, 2.45) is 5.73 Å².